The van der Waals surface area contributed by atoms with Crippen LogP contribution < -0.4 is 11.3 Å². The van der Waals surface area contributed by atoms with Crippen molar-refractivity contribution in [1.82, 2.24) is 5.43 Å². The van der Waals surface area contributed by atoms with Gasteiger partial charge in [0.15, 0.2) is 0 Å². The van der Waals surface area contributed by atoms with Gasteiger partial charge in [0.1, 0.15) is 0 Å². The second-order valence-electron chi connectivity index (χ2n) is 5.44. The van der Waals surface area contributed by atoms with E-state index in [0.717, 1.165) is 6.42 Å². The lowest BCUT2D eigenvalue weighted by atomic mass is 9.74. The number of hydrazine groups is 1. The zero-order valence-corrected chi connectivity index (χ0v) is 12.3. The minimum atomic E-state index is 0.274. The summed E-state index contributed by atoms with van der Waals surface area (Å²) in [6.45, 7) is 4.34. The van der Waals surface area contributed by atoms with E-state index in [0.29, 0.717) is 5.92 Å². The van der Waals surface area contributed by atoms with Gasteiger partial charge >= 0.3 is 0 Å². The van der Waals surface area contributed by atoms with Crippen molar-refractivity contribution in [1.29, 1.82) is 0 Å². The van der Waals surface area contributed by atoms with Gasteiger partial charge in [-0.2, -0.15) is 0 Å². The molecule has 3 rings (SSSR count). The van der Waals surface area contributed by atoms with Crippen LogP contribution in [0.2, 0.25) is 0 Å². The molecule has 3 heteroatoms. The van der Waals surface area contributed by atoms with Crippen molar-refractivity contribution >= 4 is 11.3 Å². The highest BCUT2D eigenvalue weighted by Crippen LogP contribution is 2.41. The molecule has 2 atom stereocenters. The van der Waals surface area contributed by atoms with Crippen LogP contribution in [0.5, 0.6) is 0 Å². The van der Waals surface area contributed by atoms with Crippen LogP contribution in [-0.4, -0.2) is 0 Å². The fraction of sp³-hybridized carbons (Fsp3) is 0.375. The van der Waals surface area contributed by atoms with Crippen LogP contribution in [-0.2, 0) is 6.42 Å². The van der Waals surface area contributed by atoms with Crippen LogP contribution in [0.4, 0.5) is 0 Å². The fourth-order valence-electron chi connectivity index (χ4n) is 2.90. The highest BCUT2D eigenvalue weighted by Gasteiger charge is 2.28. The summed E-state index contributed by atoms with van der Waals surface area (Å²) in [7, 11) is 0. The lowest BCUT2D eigenvalue weighted by molar-refractivity contribution is 0.440. The molecule has 1 aliphatic rings. The van der Waals surface area contributed by atoms with Gasteiger partial charge < -0.3 is 0 Å². The number of thiophene rings is 1. The number of rotatable bonds is 4. The summed E-state index contributed by atoms with van der Waals surface area (Å²) >= 11 is 1.86. The van der Waals surface area contributed by atoms with Crippen LogP contribution in [0.15, 0.2) is 30.3 Å². The van der Waals surface area contributed by atoms with E-state index in [9.17, 15) is 0 Å². The number of aryl methyl sites for hydroxylation is 2. The monoisotopic (exact) mass is 272 g/mol. The highest BCUT2D eigenvalue weighted by molar-refractivity contribution is 7.12. The molecule has 2 unspecified atom stereocenters. The van der Waals surface area contributed by atoms with E-state index in [4.69, 9.17) is 5.84 Å². The summed E-state index contributed by atoms with van der Waals surface area (Å²) in [4.78, 5) is 2.76. The number of benzene rings is 1. The molecule has 1 heterocycles. The number of hydrogen-bond acceptors (Lipinski definition) is 3. The predicted octanol–water partition coefficient (Wildman–Crippen LogP) is 3.60. The summed E-state index contributed by atoms with van der Waals surface area (Å²) in [6, 6.07) is 11.3. The third-order valence-corrected chi connectivity index (χ3v) is 5.48. The molecule has 100 valence electrons. The molecule has 2 aromatic rings. The van der Waals surface area contributed by atoms with E-state index in [-0.39, 0.29) is 6.04 Å². The van der Waals surface area contributed by atoms with Crippen LogP contribution >= 0.6 is 11.3 Å². The summed E-state index contributed by atoms with van der Waals surface area (Å²) in [5.74, 6) is 6.42. The molecule has 0 amide bonds. The minimum Gasteiger partial charge on any atom is -0.271 e. The molecule has 3 N–H and O–H groups in total. The van der Waals surface area contributed by atoms with E-state index < -0.39 is 0 Å². The molecule has 0 spiro atoms. The Bertz CT molecular complexity index is 569. The minimum absolute atomic E-state index is 0.274. The molecule has 0 aliphatic heterocycles. The number of nitrogens with two attached hydrogens (primary N) is 1. The van der Waals surface area contributed by atoms with Crippen LogP contribution in [0.1, 0.15) is 44.8 Å². The molecule has 0 radical (unpaired) electrons. The van der Waals surface area contributed by atoms with Crippen molar-refractivity contribution in [3.05, 3.63) is 56.8 Å². The first kappa shape index (κ1) is 12.9. The fourth-order valence-corrected chi connectivity index (χ4v) is 4.01. The zero-order chi connectivity index (χ0) is 13.4. The quantitative estimate of drug-likeness (QED) is 0.659. The lowest BCUT2D eigenvalue weighted by Crippen LogP contribution is -2.31. The van der Waals surface area contributed by atoms with Crippen LogP contribution in [0.3, 0.4) is 0 Å². The van der Waals surface area contributed by atoms with Gasteiger partial charge in [-0.1, -0.05) is 24.3 Å². The second kappa shape index (κ2) is 5.08. The maximum absolute atomic E-state index is 5.77. The number of hydrogen-bond donors (Lipinski definition) is 2. The van der Waals surface area contributed by atoms with Gasteiger partial charge in [0, 0.05) is 9.75 Å². The first-order valence-corrected chi connectivity index (χ1v) is 7.61. The van der Waals surface area contributed by atoms with Gasteiger partial charge in [-0.15, -0.1) is 11.3 Å². The average Bonchev–Trinajstić information content (AvgIpc) is 2.71. The maximum Gasteiger partial charge on any atom is 0.0559 e. The summed E-state index contributed by atoms with van der Waals surface area (Å²) in [5.41, 5.74) is 7.38. The summed E-state index contributed by atoms with van der Waals surface area (Å²) in [5, 5.41) is 0. The Morgan fingerprint density at radius 1 is 1.37 bits per heavy atom. The molecule has 2 nitrogen and oxygen atoms in total. The molecule has 0 fully saturated rings. The Labute approximate surface area is 118 Å². The maximum atomic E-state index is 5.77. The molecule has 0 saturated carbocycles. The van der Waals surface area contributed by atoms with Gasteiger partial charge in [-0.3, -0.25) is 11.3 Å². The molecular formula is C16H20N2S. The Kier molecular flexibility index (Phi) is 3.44. The first-order valence-electron chi connectivity index (χ1n) is 6.80. The second-order valence-corrected chi connectivity index (χ2v) is 6.73. The molecule has 1 aromatic carbocycles. The molecule has 1 aromatic heterocycles. The van der Waals surface area contributed by atoms with Crippen molar-refractivity contribution in [2.75, 3.05) is 0 Å². The van der Waals surface area contributed by atoms with Crippen LogP contribution in [0, 0.1) is 13.8 Å². The third kappa shape index (κ3) is 2.34. The van der Waals surface area contributed by atoms with Crippen molar-refractivity contribution < 1.29 is 0 Å². The molecule has 1 aliphatic carbocycles. The molecule has 0 bridgehead atoms. The van der Waals surface area contributed by atoms with E-state index in [1.165, 1.54) is 32.9 Å². The Morgan fingerprint density at radius 3 is 2.79 bits per heavy atom. The van der Waals surface area contributed by atoms with Crippen molar-refractivity contribution in [2.24, 2.45) is 5.84 Å². The summed E-state index contributed by atoms with van der Waals surface area (Å²) in [6.07, 6.45) is 2.28. The van der Waals surface area contributed by atoms with E-state index >= 15 is 0 Å². The van der Waals surface area contributed by atoms with Gasteiger partial charge in [-0.25, -0.2) is 0 Å². The third-order valence-electron chi connectivity index (χ3n) is 4.21. The van der Waals surface area contributed by atoms with Gasteiger partial charge in [0.05, 0.1) is 6.04 Å². The van der Waals surface area contributed by atoms with E-state index in [1.807, 2.05) is 11.3 Å². The van der Waals surface area contributed by atoms with E-state index in [1.54, 1.807) is 0 Å². The first-order chi connectivity index (χ1) is 9.19. The molecule has 0 saturated heterocycles. The lowest BCUT2D eigenvalue weighted by Gasteiger charge is -2.32. The van der Waals surface area contributed by atoms with Gasteiger partial charge in [0.2, 0.25) is 0 Å². The predicted molar refractivity (Wildman–Crippen MR) is 81.4 cm³/mol. The molecular weight excluding hydrogens is 252 g/mol. The van der Waals surface area contributed by atoms with E-state index in [2.05, 4.69) is 49.6 Å². The van der Waals surface area contributed by atoms with Gasteiger partial charge in [-0.05, 0) is 55.4 Å². The van der Waals surface area contributed by atoms with Gasteiger partial charge in [0.25, 0.3) is 0 Å². The largest absolute Gasteiger partial charge is 0.271 e. The average molecular weight is 272 g/mol. The number of nitrogens with one attached hydrogen (secondary N) is 1. The Balaban J connectivity index is 1.75. The van der Waals surface area contributed by atoms with Crippen molar-refractivity contribution in [2.45, 2.75) is 38.6 Å². The Hall–Kier alpha value is -1.16. The standard InChI is InChI=1S/C16H20N2S/c1-10-7-16(19-11(10)2)15(18-17)9-13-8-12-5-3-4-6-14(12)13/h3-7,13,15,18H,8-9,17H2,1-2H3. The van der Waals surface area contributed by atoms with Crippen LogP contribution in [0.25, 0.3) is 0 Å². The zero-order valence-electron chi connectivity index (χ0n) is 11.4. The normalized spacial score (nSPS) is 18.8. The number of fused-ring (bicyclic) bond motifs is 1. The topological polar surface area (TPSA) is 38.0 Å². The Morgan fingerprint density at radius 2 is 2.16 bits per heavy atom. The smallest absolute Gasteiger partial charge is 0.0559 e. The SMILES string of the molecule is Cc1cc(C(CC2Cc3ccccc32)NN)sc1C. The molecule has 19 heavy (non-hydrogen) atoms. The van der Waals surface area contributed by atoms with Crippen molar-refractivity contribution in [3.8, 4) is 0 Å². The summed E-state index contributed by atoms with van der Waals surface area (Å²) < 4.78 is 0. The highest BCUT2D eigenvalue weighted by atomic mass is 32.1. The van der Waals surface area contributed by atoms with Crippen molar-refractivity contribution in [3.63, 3.8) is 0 Å².